The van der Waals surface area contributed by atoms with Crippen LogP contribution in [0.4, 0.5) is 0 Å². The predicted octanol–water partition coefficient (Wildman–Crippen LogP) is -0.719. The van der Waals surface area contributed by atoms with Gasteiger partial charge in [-0.05, 0) is 6.54 Å². The molecule has 0 saturated carbocycles. The number of rotatable bonds is 1. The Hall–Kier alpha value is -0.120. The molecule has 1 atom stereocenters. The maximum atomic E-state index is 5.67. The van der Waals surface area contributed by atoms with Crippen LogP contribution in [0.1, 0.15) is 6.42 Å². The Bertz CT molecular complexity index is 78.5. The summed E-state index contributed by atoms with van der Waals surface area (Å²) in [6.07, 6.45) is 0.920. The van der Waals surface area contributed by atoms with Crippen LogP contribution in [0.5, 0.6) is 0 Å². The molecule has 0 radical (unpaired) electrons. The minimum atomic E-state index is -0.375. The van der Waals surface area contributed by atoms with Crippen LogP contribution in [-0.4, -0.2) is 25.9 Å². The molecule has 0 amide bonds. The van der Waals surface area contributed by atoms with Crippen LogP contribution in [0.3, 0.4) is 0 Å². The maximum absolute atomic E-state index is 5.67. The van der Waals surface area contributed by atoms with Crippen LogP contribution in [0.25, 0.3) is 0 Å². The first-order valence-electron chi connectivity index (χ1n) is 2.82. The number of nitrogens with one attached hydrogen (secondary N) is 1. The molecule has 8 heavy (non-hydrogen) atoms. The highest BCUT2D eigenvalue weighted by Gasteiger charge is 2.27. The van der Waals surface area contributed by atoms with Gasteiger partial charge in [0.25, 0.3) is 0 Å². The normalized spacial score (nSPS) is 38.2. The summed E-state index contributed by atoms with van der Waals surface area (Å²) in [7, 11) is 1.65. The van der Waals surface area contributed by atoms with Gasteiger partial charge in [0.1, 0.15) is 5.72 Å². The quantitative estimate of drug-likeness (QED) is 0.444. The number of methoxy groups -OCH3 is 1. The van der Waals surface area contributed by atoms with E-state index in [9.17, 15) is 0 Å². The van der Waals surface area contributed by atoms with Crippen molar-refractivity contribution in [3.05, 3.63) is 0 Å². The summed E-state index contributed by atoms with van der Waals surface area (Å²) in [6, 6.07) is 0. The van der Waals surface area contributed by atoms with Gasteiger partial charge in [-0.25, -0.2) is 0 Å². The average molecular weight is 116 g/mol. The Balaban J connectivity index is 2.40. The SMILES string of the molecule is COC1(N)CCNC1. The lowest BCUT2D eigenvalue weighted by Crippen LogP contribution is -2.43. The molecular formula is C5H12N2O. The number of hydrogen-bond donors (Lipinski definition) is 2. The second kappa shape index (κ2) is 2.01. The van der Waals surface area contributed by atoms with E-state index in [1.807, 2.05) is 0 Å². The predicted molar refractivity (Wildman–Crippen MR) is 31.4 cm³/mol. The first kappa shape index (κ1) is 6.01. The topological polar surface area (TPSA) is 47.3 Å². The molecule has 1 aliphatic heterocycles. The van der Waals surface area contributed by atoms with Crippen LogP contribution in [0.2, 0.25) is 0 Å². The van der Waals surface area contributed by atoms with Crippen molar-refractivity contribution in [2.45, 2.75) is 12.1 Å². The Morgan fingerprint density at radius 2 is 2.50 bits per heavy atom. The fraction of sp³-hybridized carbons (Fsp3) is 1.00. The monoisotopic (exact) mass is 116 g/mol. The van der Waals surface area contributed by atoms with Gasteiger partial charge in [-0.3, -0.25) is 0 Å². The minimum absolute atomic E-state index is 0.375. The molecule has 1 rings (SSSR count). The lowest BCUT2D eigenvalue weighted by Gasteiger charge is -2.19. The Morgan fingerprint density at radius 3 is 2.75 bits per heavy atom. The molecule has 48 valence electrons. The molecule has 3 nitrogen and oxygen atoms in total. The highest BCUT2D eigenvalue weighted by atomic mass is 16.5. The van der Waals surface area contributed by atoms with Gasteiger partial charge in [0.05, 0.1) is 0 Å². The van der Waals surface area contributed by atoms with Crippen molar-refractivity contribution in [2.75, 3.05) is 20.2 Å². The molecule has 0 aromatic heterocycles. The summed E-state index contributed by atoms with van der Waals surface area (Å²) < 4.78 is 5.01. The van der Waals surface area contributed by atoms with Crippen molar-refractivity contribution in [3.63, 3.8) is 0 Å². The third kappa shape index (κ3) is 0.992. The Morgan fingerprint density at radius 1 is 1.75 bits per heavy atom. The first-order valence-corrected chi connectivity index (χ1v) is 2.82. The summed E-state index contributed by atoms with van der Waals surface area (Å²) in [6.45, 7) is 1.76. The Kier molecular flexibility index (Phi) is 1.51. The van der Waals surface area contributed by atoms with Crippen LogP contribution in [0, 0.1) is 0 Å². The number of hydrogen-bond acceptors (Lipinski definition) is 3. The molecule has 0 aromatic carbocycles. The van der Waals surface area contributed by atoms with Gasteiger partial charge < -0.3 is 15.8 Å². The van der Waals surface area contributed by atoms with Gasteiger partial charge in [0.15, 0.2) is 0 Å². The van der Waals surface area contributed by atoms with E-state index in [1.165, 1.54) is 0 Å². The summed E-state index contributed by atoms with van der Waals surface area (Å²) >= 11 is 0. The molecule has 0 aliphatic carbocycles. The van der Waals surface area contributed by atoms with Gasteiger partial charge in [-0.2, -0.15) is 0 Å². The zero-order chi connectivity index (χ0) is 6.04. The third-order valence-corrected chi connectivity index (χ3v) is 1.56. The second-order valence-electron chi connectivity index (χ2n) is 2.20. The van der Waals surface area contributed by atoms with E-state index in [0.717, 1.165) is 19.5 Å². The van der Waals surface area contributed by atoms with Crippen LogP contribution >= 0.6 is 0 Å². The second-order valence-corrected chi connectivity index (χ2v) is 2.20. The average Bonchev–Trinajstić information content (AvgIpc) is 2.17. The van der Waals surface area contributed by atoms with Crippen LogP contribution in [-0.2, 0) is 4.74 Å². The standard InChI is InChI=1S/C5H12N2O/c1-8-5(6)2-3-7-4-5/h7H,2-4,6H2,1H3. The van der Waals surface area contributed by atoms with Gasteiger partial charge in [-0.1, -0.05) is 0 Å². The molecule has 1 fully saturated rings. The molecule has 0 spiro atoms. The smallest absolute Gasteiger partial charge is 0.130 e. The molecular weight excluding hydrogens is 104 g/mol. The van der Waals surface area contributed by atoms with E-state index < -0.39 is 0 Å². The first-order chi connectivity index (χ1) is 3.77. The molecule has 3 N–H and O–H groups in total. The summed E-state index contributed by atoms with van der Waals surface area (Å²) in [5, 5.41) is 3.11. The number of ether oxygens (including phenoxy) is 1. The van der Waals surface area contributed by atoms with Crippen molar-refractivity contribution in [3.8, 4) is 0 Å². The van der Waals surface area contributed by atoms with Crippen molar-refractivity contribution in [1.29, 1.82) is 0 Å². The molecule has 0 aromatic rings. The molecule has 1 unspecified atom stereocenters. The minimum Gasteiger partial charge on any atom is -0.363 e. The van der Waals surface area contributed by atoms with Gasteiger partial charge in [0.2, 0.25) is 0 Å². The fourth-order valence-corrected chi connectivity index (χ4v) is 0.863. The summed E-state index contributed by atoms with van der Waals surface area (Å²) in [5.74, 6) is 0. The van der Waals surface area contributed by atoms with Crippen molar-refractivity contribution < 1.29 is 4.74 Å². The van der Waals surface area contributed by atoms with E-state index in [1.54, 1.807) is 7.11 Å². The summed E-state index contributed by atoms with van der Waals surface area (Å²) in [5.41, 5.74) is 5.30. The van der Waals surface area contributed by atoms with Crippen molar-refractivity contribution in [1.82, 2.24) is 5.32 Å². The lowest BCUT2D eigenvalue weighted by molar-refractivity contribution is 0.0131. The molecule has 0 bridgehead atoms. The molecule has 1 saturated heterocycles. The third-order valence-electron chi connectivity index (χ3n) is 1.56. The molecule has 1 aliphatic rings. The van der Waals surface area contributed by atoms with Crippen LogP contribution < -0.4 is 11.1 Å². The molecule has 3 heteroatoms. The van der Waals surface area contributed by atoms with Gasteiger partial charge in [-0.15, -0.1) is 0 Å². The van der Waals surface area contributed by atoms with Crippen LogP contribution in [0.15, 0.2) is 0 Å². The van der Waals surface area contributed by atoms with E-state index >= 15 is 0 Å². The van der Waals surface area contributed by atoms with Crippen molar-refractivity contribution >= 4 is 0 Å². The highest BCUT2D eigenvalue weighted by Crippen LogP contribution is 2.09. The zero-order valence-electron chi connectivity index (χ0n) is 5.11. The van der Waals surface area contributed by atoms with Gasteiger partial charge in [0, 0.05) is 20.1 Å². The van der Waals surface area contributed by atoms with E-state index in [2.05, 4.69) is 5.32 Å². The van der Waals surface area contributed by atoms with E-state index in [4.69, 9.17) is 10.5 Å². The highest BCUT2D eigenvalue weighted by molar-refractivity contribution is 4.82. The Labute approximate surface area is 49.2 Å². The van der Waals surface area contributed by atoms with Gasteiger partial charge >= 0.3 is 0 Å². The van der Waals surface area contributed by atoms with E-state index in [-0.39, 0.29) is 5.72 Å². The maximum Gasteiger partial charge on any atom is 0.130 e. The fourth-order valence-electron chi connectivity index (χ4n) is 0.863. The van der Waals surface area contributed by atoms with Crippen molar-refractivity contribution in [2.24, 2.45) is 5.73 Å². The molecule has 1 heterocycles. The largest absolute Gasteiger partial charge is 0.363 e. The lowest BCUT2D eigenvalue weighted by atomic mass is 10.2. The number of nitrogens with two attached hydrogens (primary N) is 1. The zero-order valence-corrected chi connectivity index (χ0v) is 5.11. The van der Waals surface area contributed by atoms with E-state index in [0.29, 0.717) is 0 Å². The summed E-state index contributed by atoms with van der Waals surface area (Å²) in [4.78, 5) is 0.